The second-order valence-corrected chi connectivity index (χ2v) is 6.12. The van der Waals surface area contributed by atoms with Crippen molar-refractivity contribution < 1.29 is 18.3 Å². The van der Waals surface area contributed by atoms with E-state index in [2.05, 4.69) is 11.9 Å². The van der Waals surface area contributed by atoms with Crippen LogP contribution in [0.1, 0.15) is 19.3 Å². The van der Waals surface area contributed by atoms with Crippen molar-refractivity contribution in [1.82, 2.24) is 10.2 Å². The number of carbonyl (C=O) groups is 1. The van der Waals surface area contributed by atoms with E-state index >= 15 is 0 Å². The summed E-state index contributed by atoms with van der Waals surface area (Å²) >= 11 is 0. The van der Waals surface area contributed by atoms with Crippen LogP contribution in [0, 0.1) is 5.41 Å². The number of ether oxygens (including phenoxy) is 1. The second kappa shape index (κ2) is 4.77. The van der Waals surface area contributed by atoms with Crippen LogP contribution in [-0.2, 0) is 9.53 Å². The Hall–Kier alpha value is -1.01. The number of nitrogens with one attached hydrogen (secondary N) is 1. The number of alkyl halides is 2. The number of esters is 1. The van der Waals surface area contributed by atoms with E-state index in [9.17, 15) is 13.6 Å². The summed E-state index contributed by atoms with van der Waals surface area (Å²) in [6.45, 7) is 4.44. The summed E-state index contributed by atoms with van der Waals surface area (Å²) in [6, 6.07) is -0.919. The van der Waals surface area contributed by atoms with Gasteiger partial charge in [0.15, 0.2) is 0 Å². The van der Waals surface area contributed by atoms with Crippen LogP contribution in [-0.4, -0.2) is 55.1 Å². The topological polar surface area (TPSA) is 41.6 Å². The van der Waals surface area contributed by atoms with Crippen molar-refractivity contribution in [3.05, 3.63) is 12.7 Å². The number of carbonyl (C=O) groups excluding carboxylic acids is 1. The molecule has 0 aromatic carbocycles. The Bertz CT molecular complexity index is 423. The van der Waals surface area contributed by atoms with E-state index in [-0.39, 0.29) is 25.2 Å². The van der Waals surface area contributed by atoms with Gasteiger partial charge < -0.3 is 10.1 Å². The second-order valence-electron chi connectivity index (χ2n) is 6.12. The fourth-order valence-corrected chi connectivity index (χ4v) is 3.43. The smallest absolute Gasteiger partial charge is 0.313 e. The molecule has 3 aliphatic rings. The van der Waals surface area contributed by atoms with Crippen molar-refractivity contribution in [2.24, 2.45) is 5.41 Å². The van der Waals surface area contributed by atoms with Crippen LogP contribution in [0.4, 0.5) is 8.78 Å². The van der Waals surface area contributed by atoms with Gasteiger partial charge in [0.2, 0.25) is 0 Å². The minimum Gasteiger partial charge on any atom is -0.461 e. The molecule has 0 unspecified atom stereocenters. The molecule has 1 aliphatic carbocycles. The minimum absolute atomic E-state index is 0.148. The monoisotopic (exact) mass is 286 g/mol. The summed E-state index contributed by atoms with van der Waals surface area (Å²) < 4.78 is 32.9. The van der Waals surface area contributed by atoms with Crippen LogP contribution in [0.15, 0.2) is 12.7 Å². The Labute approximate surface area is 117 Å². The Morgan fingerprint density at radius 2 is 2.25 bits per heavy atom. The van der Waals surface area contributed by atoms with Crippen molar-refractivity contribution in [2.45, 2.75) is 37.3 Å². The molecule has 1 N–H and O–H groups in total. The lowest BCUT2D eigenvalue weighted by Gasteiger charge is -2.30. The van der Waals surface area contributed by atoms with Crippen molar-refractivity contribution in [1.29, 1.82) is 0 Å². The van der Waals surface area contributed by atoms with Gasteiger partial charge in [0.05, 0.1) is 18.0 Å². The van der Waals surface area contributed by atoms with E-state index in [4.69, 9.17) is 4.74 Å². The van der Waals surface area contributed by atoms with Crippen LogP contribution in [0.25, 0.3) is 0 Å². The molecule has 2 saturated heterocycles. The number of fused-ring (bicyclic) bond motifs is 1. The first-order chi connectivity index (χ1) is 9.48. The molecule has 0 radical (unpaired) electrons. The lowest BCUT2D eigenvalue weighted by atomic mass is 10.0. The van der Waals surface area contributed by atoms with E-state index in [1.807, 2.05) is 0 Å². The fraction of sp³-hybridized carbons (Fsp3) is 0.786. The molecule has 0 aromatic heterocycles. The first-order valence-electron chi connectivity index (χ1n) is 7.12. The molecular weight excluding hydrogens is 266 g/mol. The highest BCUT2D eigenvalue weighted by atomic mass is 19.3. The lowest BCUT2D eigenvalue weighted by Crippen LogP contribution is -2.48. The van der Waals surface area contributed by atoms with Gasteiger partial charge in [0.1, 0.15) is 6.61 Å². The van der Waals surface area contributed by atoms with Gasteiger partial charge in [-0.25, -0.2) is 8.78 Å². The molecule has 2 aliphatic heterocycles. The highest BCUT2D eigenvalue weighted by Crippen LogP contribution is 2.49. The summed E-state index contributed by atoms with van der Waals surface area (Å²) in [4.78, 5) is 13.8. The third kappa shape index (κ3) is 2.24. The largest absolute Gasteiger partial charge is 0.461 e. The number of halogens is 2. The van der Waals surface area contributed by atoms with Crippen molar-refractivity contribution in [3.8, 4) is 0 Å². The van der Waals surface area contributed by atoms with Gasteiger partial charge in [0, 0.05) is 19.1 Å². The summed E-state index contributed by atoms with van der Waals surface area (Å²) in [5, 5.41) is 2.89. The molecule has 20 heavy (non-hydrogen) atoms. The van der Waals surface area contributed by atoms with Crippen LogP contribution < -0.4 is 5.32 Å². The van der Waals surface area contributed by atoms with Gasteiger partial charge in [-0.2, -0.15) is 0 Å². The van der Waals surface area contributed by atoms with Gasteiger partial charge in [0.25, 0.3) is 5.92 Å². The molecule has 6 heteroatoms. The van der Waals surface area contributed by atoms with Crippen LogP contribution in [0.2, 0.25) is 0 Å². The maximum atomic E-state index is 13.9. The number of hydrogen-bond donors (Lipinski definition) is 1. The molecule has 4 nitrogen and oxygen atoms in total. The third-order valence-electron chi connectivity index (χ3n) is 4.66. The Morgan fingerprint density at radius 1 is 1.50 bits per heavy atom. The number of nitrogens with zero attached hydrogens (tertiary/aromatic N) is 1. The molecule has 2 atom stereocenters. The Kier molecular flexibility index (Phi) is 3.33. The van der Waals surface area contributed by atoms with E-state index in [0.717, 1.165) is 19.3 Å². The minimum atomic E-state index is -2.71. The molecule has 112 valence electrons. The lowest BCUT2D eigenvalue weighted by molar-refractivity contribution is -0.150. The third-order valence-corrected chi connectivity index (χ3v) is 4.66. The predicted octanol–water partition coefficient (Wildman–Crippen LogP) is 1.18. The molecule has 0 bridgehead atoms. The summed E-state index contributed by atoms with van der Waals surface area (Å²) in [7, 11) is 0. The normalized spacial score (nSPS) is 33.7. The quantitative estimate of drug-likeness (QED) is 0.609. The van der Waals surface area contributed by atoms with E-state index < -0.39 is 17.4 Å². The zero-order valence-electron chi connectivity index (χ0n) is 11.4. The molecule has 0 amide bonds. The number of likely N-dealkylation sites (tertiary alicyclic amines) is 1. The molecule has 0 aromatic rings. The molecule has 1 saturated carbocycles. The van der Waals surface area contributed by atoms with Gasteiger partial charge in [-0.3, -0.25) is 9.69 Å². The first-order valence-corrected chi connectivity index (χ1v) is 7.12. The summed E-state index contributed by atoms with van der Waals surface area (Å²) in [5.74, 6) is -2.97. The number of hydrogen-bond acceptors (Lipinski definition) is 4. The van der Waals surface area contributed by atoms with E-state index in [1.165, 1.54) is 6.08 Å². The average Bonchev–Trinajstić information content (AvgIpc) is 2.96. The van der Waals surface area contributed by atoms with Gasteiger partial charge in [-0.05, 0) is 19.3 Å². The maximum Gasteiger partial charge on any atom is 0.313 e. The highest BCUT2D eigenvalue weighted by molar-refractivity contribution is 5.80. The maximum absolute atomic E-state index is 13.9. The predicted molar refractivity (Wildman–Crippen MR) is 69.5 cm³/mol. The molecule has 2 heterocycles. The van der Waals surface area contributed by atoms with E-state index in [0.29, 0.717) is 13.1 Å². The molecule has 0 spiro atoms. The molecular formula is C14H20F2N2O2. The molecule has 3 rings (SSSR count). The highest BCUT2D eigenvalue weighted by Gasteiger charge is 2.60. The first kappa shape index (κ1) is 13.9. The van der Waals surface area contributed by atoms with Crippen molar-refractivity contribution in [2.75, 3.05) is 26.2 Å². The standard InChI is InChI=1S/C14H20F2N2O2/c1-2-7-20-12(19)13(4-5-13)9-18-6-3-10-11(18)14(15,16)8-17-10/h2,10-11,17H,1,3-9H2/t10-,11+/m0/s1. The summed E-state index contributed by atoms with van der Waals surface area (Å²) in [6.07, 6.45) is 3.71. The van der Waals surface area contributed by atoms with Crippen LogP contribution in [0.3, 0.4) is 0 Å². The van der Waals surface area contributed by atoms with E-state index in [1.54, 1.807) is 4.90 Å². The Morgan fingerprint density at radius 3 is 2.90 bits per heavy atom. The van der Waals surface area contributed by atoms with Crippen molar-refractivity contribution in [3.63, 3.8) is 0 Å². The van der Waals surface area contributed by atoms with Crippen LogP contribution >= 0.6 is 0 Å². The Balaban J connectivity index is 1.66. The van der Waals surface area contributed by atoms with Gasteiger partial charge in [-0.1, -0.05) is 12.7 Å². The SMILES string of the molecule is C=CCOC(=O)C1(CN2CC[C@@H]3NCC(F)(F)[C@@H]32)CC1. The van der Waals surface area contributed by atoms with Gasteiger partial charge >= 0.3 is 5.97 Å². The van der Waals surface area contributed by atoms with Crippen molar-refractivity contribution >= 4 is 5.97 Å². The van der Waals surface area contributed by atoms with Crippen LogP contribution in [0.5, 0.6) is 0 Å². The number of rotatable bonds is 5. The molecule has 3 fully saturated rings. The summed E-state index contributed by atoms with van der Waals surface area (Å²) in [5.41, 5.74) is -0.559. The van der Waals surface area contributed by atoms with Gasteiger partial charge in [-0.15, -0.1) is 0 Å². The average molecular weight is 286 g/mol. The zero-order chi connectivity index (χ0) is 14.4. The fourth-order valence-electron chi connectivity index (χ4n) is 3.43. The zero-order valence-corrected chi connectivity index (χ0v) is 11.4.